The lowest BCUT2D eigenvalue weighted by Gasteiger charge is -2.25. The Balaban J connectivity index is 1.64. The molecule has 0 spiro atoms. The quantitative estimate of drug-likeness (QED) is 0.106. The number of aliphatic hydroxyl groups excluding tert-OH is 1. The van der Waals surface area contributed by atoms with Gasteiger partial charge >= 0.3 is 0 Å². The van der Waals surface area contributed by atoms with E-state index in [1.807, 2.05) is 25.1 Å². The van der Waals surface area contributed by atoms with Crippen LogP contribution in [0.3, 0.4) is 0 Å². The second-order valence-electron chi connectivity index (χ2n) is 10.3. The molecule has 1 fully saturated rings. The minimum Gasteiger partial charge on any atom is -0.507 e. The number of hydrogen-bond donors (Lipinski definition) is 1. The summed E-state index contributed by atoms with van der Waals surface area (Å²) in [4.78, 5) is 27.9. The maximum atomic E-state index is 13.3. The Morgan fingerprint density at radius 1 is 0.905 bits per heavy atom. The highest BCUT2D eigenvalue weighted by Gasteiger charge is 2.46. The summed E-state index contributed by atoms with van der Waals surface area (Å²) < 4.78 is 22.6. The third kappa shape index (κ3) is 7.12. The monoisotopic (exact) mass is 573 g/mol. The van der Waals surface area contributed by atoms with Crippen LogP contribution in [0.15, 0.2) is 72.3 Å². The van der Waals surface area contributed by atoms with Crippen LogP contribution in [0.25, 0.3) is 5.76 Å². The molecule has 1 aliphatic rings. The Kier molecular flexibility index (Phi) is 10.6. The molecule has 42 heavy (non-hydrogen) atoms. The van der Waals surface area contributed by atoms with E-state index in [1.165, 1.54) is 12.0 Å². The van der Waals surface area contributed by atoms with Crippen molar-refractivity contribution in [2.24, 2.45) is 0 Å². The number of carbonyl (C=O) groups is 2. The smallest absolute Gasteiger partial charge is 0.295 e. The van der Waals surface area contributed by atoms with Crippen molar-refractivity contribution in [3.05, 3.63) is 94.6 Å². The van der Waals surface area contributed by atoms with Crippen LogP contribution in [0, 0.1) is 6.92 Å². The Bertz CT molecular complexity index is 1410. The maximum Gasteiger partial charge on any atom is 0.295 e. The highest BCUT2D eigenvalue weighted by atomic mass is 16.5. The van der Waals surface area contributed by atoms with Crippen LogP contribution in [0.1, 0.15) is 54.5 Å². The second-order valence-corrected chi connectivity index (χ2v) is 10.3. The van der Waals surface area contributed by atoms with Gasteiger partial charge in [0.05, 0.1) is 31.9 Å². The molecule has 1 aliphatic heterocycles. The number of aryl methyl sites for hydroxylation is 1. The van der Waals surface area contributed by atoms with E-state index in [-0.39, 0.29) is 24.5 Å². The first-order valence-electron chi connectivity index (χ1n) is 14.2. The van der Waals surface area contributed by atoms with Gasteiger partial charge in [-0.3, -0.25) is 9.59 Å². The molecule has 0 aliphatic carbocycles. The highest BCUT2D eigenvalue weighted by molar-refractivity contribution is 6.46. The lowest BCUT2D eigenvalue weighted by molar-refractivity contribution is -0.140. The van der Waals surface area contributed by atoms with Crippen molar-refractivity contribution in [1.82, 2.24) is 4.90 Å². The van der Waals surface area contributed by atoms with Gasteiger partial charge in [0.2, 0.25) is 0 Å². The van der Waals surface area contributed by atoms with E-state index in [1.54, 1.807) is 49.6 Å². The fraction of sp³-hybridized carbons (Fsp3) is 0.353. The third-order valence-corrected chi connectivity index (χ3v) is 7.20. The van der Waals surface area contributed by atoms with Crippen LogP contribution >= 0.6 is 0 Å². The second kappa shape index (κ2) is 14.5. The van der Waals surface area contributed by atoms with Crippen LogP contribution in [0.5, 0.6) is 17.2 Å². The van der Waals surface area contributed by atoms with Crippen molar-refractivity contribution in [2.45, 2.75) is 45.8 Å². The van der Waals surface area contributed by atoms with Crippen molar-refractivity contribution in [3.8, 4) is 17.2 Å². The van der Waals surface area contributed by atoms with E-state index in [2.05, 4.69) is 13.0 Å². The molecule has 0 aromatic heterocycles. The number of carbonyl (C=O) groups excluding carboxylic acids is 2. The number of aliphatic hydroxyl groups is 1. The normalized spacial score (nSPS) is 16.1. The zero-order chi connectivity index (χ0) is 30.1. The number of unbranched alkanes of at least 4 members (excludes halogenated alkanes) is 2. The summed E-state index contributed by atoms with van der Waals surface area (Å²) in [5.41, 5.74) is 3.21. The lowest BCUT2D eigenvalue weighted by Crippen LogP contribution is -2.32. The number of ketones is 1. The van der Waals surface area contributed by atoms with Crippen LogP contribution in [0.2, 0.25) is 0 Å². The molecule has 1 saturated heterocycles. The number of Topliss-reactive ketones (excluding diaryl/α,β-unsaturated/α-hetero) is 1. The number of hydrogen-bond acceptors (Lipinski definition) is 7. The highest BCUT2D eigenvalue weighted by Crippen LogP contribution is 2.42. The molecule has 0 radical (unpaired) electrons. The Labute approximate surface area is 247 Å². The third-order valence-electron chi connectivity index (χ3n) is 7.20. The number of ether oxygens (including phenoxy) is 4. The van der Waals surface area contributed by atoms with Gasteiger partial charge in [0.25, 0.3) is 11.7 Å². The summed E-state index contributed by atoms with van der Waals surface area (Å²) in [7, 11) is 3.07. The summed E-state index contributed by atoms with van der Waals surface area (Å²) in [6.45, 7) is 5.51. The van der Waals surface area contributed by atoms with Gasteiger partial charge in [-0.25, -0.2) is 0 Å². The van der Waals surface area contributed by atoms with Gasteiger partial charge in [-0.15, -0.1) is 0 Å². The SMILES string of the molecule is CCCCCOc1ccc(C2C(=C(O)c3ccc(OCc4cccc(C)c4)cc3)C(=O)C(=O)N2CCOC)cc1OC. The van der Waals surface area contributed by atoms with Crippen molar-refractivity contribution in [3.63, 3.8) is 0 Å². The predicted molar refractivity (Wildman–Crippen MR) is 161 cm³/mol. The number of amides is 1. The molecule has 222 valence electrons. The topological polar surface area (TPSA) is 94.5 Å². The molecule has 8 heteroatoms. The van der Waals surface area contributed by atoms with E-state index in [0.29, 0.717) is 41.6 Å². The van der Waals surface area contributed by atoms with E-state index < -0.39 is 17.7 Å². The van der Waals surface area contributed by atoms with Crippen molar-refractivity contribution < 1.29 is 33.6 Å². The van der Waals surface area contributed by atoms with Crippen LogP contribution in [-0.4, -0.2) is 55.7 Å². The summed E-state index contributed by atoms with van der Waals surface area (Å²) in [6.07, 6.45) is 3.07. The first-order valence-corrected chi connectivity index (χ1v) is 14.2. The molecule has 1 amide bonds. The molecule has 0 saturated carbocycles. The standard InChI is InChI=1S/C34H39NO7/c1-5-6-7-18-41-28-16-13-26(21-29(28)40-4)31-30(33(37)34(38)35(31)17-19-39-3)32(36)25-11-14-27(15-12-25)42-22-24-10-8-9-23(2)20-24/h8-16,20-21,31,36H,5-7,17-19,22H2,1-4H3. The lowest BCUT2D eigenvalue weighted by atomic mass is 9.95. The summed E-state index contributed by atoms with van der Waals surface area (Å²) in [5.74, 6) is -0.0431. The molecule has 1 unspecified atom stereocenters. The van der Waals surface area contributed by atoms with Gasteiger partial charge in [0.1, 0.15) is 18.1 Å². The first kappa shape index (κ1) is 30.7. The molecular weight excluding hydrogens is 534 g/mol. The number of nitrogens with zero attached hydrogens (tertiary/aromatic N) is 1. The summed E-state index contributed by atoms with van der Waals surface area (Å²) in [5, 5.41) is 11.4. The van der Waals surface area contributed by atoms with E-state index >= 15 is 0 Å². The molecule has 1 heterocycles. The number of benzene rings is 3. The summed E-state index contributed by atoms with van der Waals surface area (Å²) >= 11 is 0. The largest absolute Gasteiger partial charge is 0.507 e. The number of rotatable bonds is 14. The fourth-order valence-corrected chi connectivity index (χ4v) is 4.99. The van der Waals surface area contributed by atoms with Crippen molar-refractivity contribution >= 4 is 17.4 Å². The van der Waals surface area contributed by atoms with Crippen molar-refractivity contribution in [2.75, 3.05) is 34.0 Å². The molecule has 3 aromatic carbocycles. The van der Waals surface area contributed by atoms with Gasteiger partial charge in [0, 0.05) is 19.2 Å². The van der Waals surface area contributed by atoms with Crippen LogP contribution in [-0.2, 0) is 20.9 Å². The van der Waals surface area contributed by atoms with Crippen molar-refractivity contribution in [1.29, 1.82) is 0 Å². The minimum atomic E-state index is -0.833. The first-order chi connectivity index (χ1) is 20.4. The van der Waals surface area contributed by atoms with E-state index in [9.17, 15) is 14.7 Å². The van der Waals surface area contributed by atoms with Gasteiger partial charge in [-0.1, -0.05) is 55.7 Å². The Morgan fingerprint density at radius 2 is 1.69 bits per heavy atom. The Morgan fingerprint density at radius 3 is 2.38 bits per heavy atom. The van der Waals surface area contributed by atoms with Crippen LogP contribution in [0.4, 0.5) is 0 Å². The molecule has 1 atom stereocenters. The Hall–Kier alpha value is -4.30. The van der Waals surface area contributed by atoms with Gasteiger partial charge in [-0.05, 0) is 60.9 Å². The maximum absolute atomic E-state index is 13.3. The molecule has 8 nitrogen and oxygen atoms in total. The fourth-order valence-electron chi connectivity index (χ4n) is 4.99. The summed E-state index contributed by atoms with van der Waals surface area (Å²) in [6, 6.07) is 19.4. The number of likely N-dealkylation sites (tertiary alicyclic amines) is 1. The molecule has 0 bridgehead atoms. The van der Waals surface area contributed by atoms with Crippen LogP contribution < -0.4 is 14.2 Å². The molecule has 4 rings (SSSR count). The minimum absolute atomic E-state index is 0.00296. The zero-order valence-corrected chi connectivity index (χ0v) is 24.7. The van der Waals surface area contributed by atoms with Gasteiger partial charge in [0.15, 0.2) is 11.5 Å². The average molecular weight is 574 g/mol. The van der Waals surface area contributed by atoms with Gasteiger partial charge in [-0.2, -0.15) is 0 Å². The van der Waals surface area contributed by atoms with E-state index in [0.717, 1.165) is 30.4 Å². The zero-order valence-electron chi connectivity index (χ0n) is 24.7. The number of methoxy groups -OCH3 is 2. The van der Waals surface area contributed by atoms with E-state index in [4.69, 9.17) is 18.9 Å². The van der Waals surface area contributed by atoms with Gasteiger partial charge < -0.3 is 29.0 Å². The molecule has 3 aromatic rings. The predicted octanol–water partition coefficient (Wildman–Crippen LogP) is 6.22. The molecule has 1 N–H and O–H groups in total. The average Bonchev–Trinajstić information content (AvgIpc) is 3.26. The molecular formula is C34H39NO7.